The molecule has 3 fully saturated rings. The van der Waals surface area contributed by atoms with E-state index in [-0.39, 0.29) is 41.5 Å². The molecular weight excluding hydrogens is 670 g/mol. The van der Waals surface area contributed by atoms with Gasteiger partial charge >= 0.3 is 12.1 Å². The van der Waals surface area contributed by atoms with Crippen molar-refractivity contribution in [2.75, 3.05) is 19.5 Å². The maximum Gasteiger partial charge on any atom is 0.409 e. The normalized spacial score (nSPS) is 36.0. The largest absolute Gasteiger partial charge is 0.495 e. The van der Waals surface area contributed by atoms with Crippen molar-refractivity contribution >= 4 is 41.2 Å². The summed E-state index contributed by atoms with van der Waals surface area (Å²) in [5, 5.41) is 20.0. The standard InChI is InChI=1S/C36H48ClN3O10/c1-17-10-9-11-26(47-8)36(45)16-25(48-34(44)40-36)20(4)31-35(6,50-31)27(49-33(43)21(5)38-32(42)29-18(2)19(29)3)15-28(41)39-23-13-22(12-17)14-24(46-7)30(23)37/h9-11,13-14,18-21,25-27,29,31,45H,12,15-16H2,1-8H3,(H,38,42)(H,39,41)(H,40,44)/t18-,19-,20+,21+,25+,26-,27-,31+,35+,36+/m1/s1. The Labute approximate surface area is 297 Å². The Morgan fingerprint density at radius 1 is 1.14 bits per heavy atom. The van der Waals surface area contributed by atoms with Crippen molar-refractivity contribution in [3.05, 3.63) is 46.5 Å². The van der Waals surface area contributed by atoms with E-state index in [9.17, 15) is 24.3 Å². The zero-order valence-corrected chi connectivity index (χ0v) is 30.5. The van der Waals surface area contributed by atoms with Crippen LogP contribution in [0.4, 0.5) is 10.5 Å². The number of aliphatic hydroxyl groups is 1. The lowest BCUT2D eigenvalue weighted by Crippen LogP contribution is -2.63. The Hall–Kier alpha value is -3.65. The Bertz CT molecular complexity index is 1570. The van der Waals surface area contributed by atoms with E-state index >= 15 is 0 Å². The monoisotopic (exact) mass is 717 g/mol. The van der Waals surface area contributed by atoms with Crippen LogP contribution in [-0.4, -0.2) is 85.0 Å². The molecule has 1 aromatic rings. The maximum absolute atomic E-state index is 13.7. The van der Waals surface area contributed by atoms with Crippen molar-refractivity contribution in [2.45, 2.75) is 103 Å². The van der Waals surface area contributed by atoms with E-state index in [1.165, 1.54) is 21.1 Å². The number of nitrogens with one attached hydrogen (secondary N) is 3. The highest BCUT2D eigenvalue weighted by atomic mass is 35.5. The van der Waals surface area contributed by atoms with Gasteiger partial charge < -0.3 is 39.4 Å². The summed E-state index contributed by atoms with van der Waals surface area (Å²) in [6.45, 7) is 10.9. The molecule has 50 heavy (non-hydrogen) atoms. The summed E-state index contributed by atoms with van der Waals surface area (Å²) in [6.07, 6.45) is 0.964. The Kier molecular flexibility index (Phi) is 10.9. The number of esters is 1. The van der Waals surface area contributed by atoms with Gasteiger partial charge in [0.2, 0.25) is 11.8 Å². The smallest absolute Gasteiger partial charge is 0.409 e. The second-order valence-electron chi connectivity index (χ2n) is 14.3. The highest BCUT2D eigenvalue weighted by molar-refractivity contribution is 6.35. The summed E-state index contributed by atoms with van der Waals surface area (Å²) in [4.78, 5) is 52.7. The van der Waals surface area contributed by atoms with E-state index in [1.807, 2.05) is 26.8 Å². The number of allylic oxidation sites excluding steroid dienone is 3. The van der Waals surface area contributed by atoms with Gasteiger partial charge in [-0.25, -0.2) is 9.59 Å². The second-order valence-corrected chi connectivity index (χ2v) is 14.7. The fourth-order valence-electron chi connectivity index (χ4n) is 7.16. The number of amides is 3. The minimum absolute atomic E-state index is 0.0441. The van der Waals surface area contributed by atoms with Crippen LogP contribution in [-0.2, 0) is 39.8 Å². The van der Waals surface area contributed by atoms with Gasteiger partial charge in [0, 0.05) is 25.4 Å². The SMILES string of the molecule is COc1cc2cc(c1Cl)NC(=O)C[C@@H](OC(=O)[C@H](C)NC(=O)C1[C@H](C)[C@H]1C)[C@]1(C)O[C@H]1[C@@H](C)[C@@H]1C[C@@](O)(NC(=O)O1)[C@H](OC)C=CC=C(C)C2. The molecule has 4 N–H and O–H groups in total. The van der Waals surface area contributed by atoms with E-state index in [0.29, 0.717) is 17.9 Å². The molecule has 1 saturated carbocycles. The molecule has 10 atom stereocenters. The number of epoxide rings is 1. The van der Waals surface area contributed by atoms with E-state index in [1.54, 1.807) is 38.1 Å². The first-order valence-electron chi connectivity index (χ1n) is 16.9. The molecule has 1 aliphatic carbocycles. The molecule has 14 heteroatoms. The molecule has 274 valence electrons. The highest BCUT2D eigenvalue weighted by Crippen LogP contribution is 2.49. The van der Waals surface area contributed by atoms with Gasteiger partial charge in [-0.15, -0.1) is 0 Å². The van der Waals surface area contributed by atoms with Gasteiger partial charge in [-0.3, -0.25) is 14.9 Å². The van der Waals surface area contributed by atoms with Crippen LogP contribution in [0.2, 0.25) is 5.02 Å². The van der Waals surface area contributed by atoms with Crippen molar-refractivity contribution in [2.24, 2.45) is 23.7 Å². The van der Waals surface area contributed by atoms with Crippen LogP contribution >= 0.6 is 11.6 Å². The van der Waals surface area contributed by atoms with Crippen LogP contribution in [0.15, 0.2) is 35.9 Å². The molecule has 3 heterocycles. The molecule has 0 aromatic heterocycles. The number of fused-ring (bicyclic) bond motifs is 5. The maximum atomic E-state index is 13.7. The fraction of sp³-hybridized carbons (Fsp3) is 0.611. The van der Waals surface area contributed by atoms with Gasteiger partial charge in [0.05, 0.1) is 25.3 Å². The third-order valence-corrected chi connectivity index (χ3v) is 11.0. The van der Waals surface area contributed by atoms with Crippen LogP contribution in [0.25, 0.3) is 0 Å². The molecule has 0 radical (unpaired) electrons. The van der Waals surface area contributed by atoms with Gasteiger partial charge in [-0.05, 0) is 56.7 Å². The number of ether oxygens (including phenoxy) is 5. The van der Waals surface area contributed by atoms with Gasteiger partial charge in [-0.1, -0.05) is 56.2 Å². The quantitative estimate of drug-likeness (QED) is 0.248. The van der Waals surface area contributed by atoms with Crippen molar-refractivity contribution in [1.29, 1.82) is 0 Å². The molecule has 1 aromatic carbocycles. The summed E-state index contributed by atoms with van der Waals surface area (Å²) in [7, 11) is 2.91. The van der Waals surface area contributed by atoms with E-state index in [0.717, 1.165) is 11.1 Å². The third kappa shape index (κ3) is 7.80. The van der Waals surface area contributed by atoms with Crippen LogP contribution in [0.1, 0.15) is 59.9 Å². The number of alkyl carbamates (subject to hydrolysis) is 1. The lowest BCUT2D eigenvalue weighted by molar-refractivity contribution is -0.157. The predicted octanol–water partition coefficient (Wildman–Crippen LogP) is 4.05. The number of benzene rings is 1. The number of methoxy groups -OCH3 is 2. The van der Waals surface area contributed by atoms with Crippen molar-refractivity contribution in [3.8, 4) is 5.75 Å². The van der Waals surface area contributed by atoms with Gasteiger partial charge in [0.1, 0.15) is 40.7 Å². The third-order valence-electron chi connectivity index (χ3n) is 10.6. The molecule has 2 saturated heterocycles. The topological polar surface area (TPSA) is 174 Å². The van der Waals surface area contributed by atoms with E-state index in [4.69, 9.17) is 35.3 Å². The summed E-state index contributed by atoms with van der Waals surface area (Å²) in [5.74, 6) is -1.38. The average molecular weight is 718 g/mol. The fourth-order valence-corrected chi connectivity index (χ4v) is 7.39. The first kappa shape index (κ1) is 37.6. The summed E-state index contributed by atoms with van der Waals surface area (Å²) >= 11 is 6.63. The number of anilines is 1. The molecule has 3 aliphatic heterocycles. The summed E-state index contributed by atoms with van der Waals surface area (Å²) < 4.78 is 28.9. The lowest BCUT2D eigenvalue weighted by Gasteiger charge is -2.42. The van der Waals surface area contributed by atoms with Crippen LogP contribution in [0.5, 0.6) is 5.75 Å². The highest BCUT2D eigenvalue weighted by Gasteiger charge is 2.64. The van der Waals surface area contributed by atoms with E-state index in [2.05, 4.69) is 16.0 Å². The number of halogens is 1. The molecule has 0 unspecified atom stereocenters. The molecule has 3 amide bonds. The Balaban J connectivity index is 1.48. The minimum atomic E-state index is -1.82. The molecule has 4 aliphatic rings. The van der Waals surface area contributed by atoms with Gasteiger partial charge in [-0.2, -0.15) is 0 Å². The van der Waals surface area contributed by atoms with Gasteiger partial charge in [0.25, 0.3) is 0 Å². The number of hydrogen-bond acceptors (Lipinski definition) is 10. The molecular formula is C36H48ClN3O10. The minimum Gasteiger partial charge on any atom is -0.495 e. The number of rotatable bonds is 6. The van der Waals surface area contributed by atoms with Crippen molar-refractivity contribution < 1.29 is 48.0 Å². The zero-order chi connectivity index (χ0) is 36.7. The first-order valence-corrected chi connectivity index (χ1v) is 17.3. The molecule has 13 nitrogen and oxygen atoms in total. The van der Waals surface area contributed by atoms with Crippen molar-refractivity contribution in [3.63, 3.8) is 0 Å². The summed E-state index contributed by atoms with van der Waals surface area (Å²) in [5.41, 5.74) is -0.982. The predicted molar refractivity (Wildman–Crippen MR) is 183 cm³/mol. The average Bonchev–Trinajstić information content (AvgIpc) is 3.91. The molecule has 0 spiro atoms. The molecule has 4 bridgehead atoms. The number of hydrogen-bond donors (Lipinski definition) is 4. The van der Waals surface area contributed by atoms with Crippen LogP contribution < -0.4 is 20.7 Å². The van der Waals surface area contributed by atoms with E-state index < -0.39 is 65.7 Å². The van der Waals surface area contributed by atoms with Crippen LogP contribution in [0.3, 0.4) is 0 Å². The number of carbonyl (C=O) groups excluding carboxylic acids is 4. The molecule has 5 rings (SSSR count). The van der Waals surface area contributed by atoms with Crippen molar-refractivity contribution in [1.82, 2.24) is 10.6 Å². The Morgan fingerprint density at radius 3 is 2.48 bits per heavy atom. The zero-order valence-electron chi connectivity index (χ0n) is 29.7. The van der Waals surface area contributed by atoms with Crippen LogP contribution in [0, 0.1) is 23.7 Å². The second kappa shape index (κ2) is 14.5. The first-order chi connectivity index (χ1) is 23.5. The van der Waals surface area contributed by atoms with Gasteiger partial charge in [0.15, 0.2) is 5.72 Å². The lowest BCUT2D eigenvalue weighted by atomic mass is 9.83. The summed E-state index contributed by atoms with van der Waals surface area (Å²) in [6, 6.07) is 2.52. The Morgan fingerprint density at radius 2 is 1.84 bits per heavy atom. The number of carbonyl (C=O) groups is 4.